The second kappa shape index (κ2) is 7.15. The number of hydrogen-bond acceptors (Lipinski definition) is 4. The van der Waals surface area contributed by atoms with Gasteiger partial charge < -0.3 is 19.9 Å². The summed E-state index contributed by atoms with van der Waals surface area (Å²) in [5.74, 6) is 0. The molecule has 0 aromatic heterocycles. The minimum absolute atomic E-state index is 0.433. The van der Waals surface area contributed by atoms with Gasteiger partial charge in [-0.25, -0.2) is 0 Å². The van der Waals surface area contributed by atoms with Crippen molar-refractivity contribution in [3.8, 4) is 11.1 Å². The van der Waals surface area contributed by atoms with E-state index in [1.165, 1.54) is 16.8 Å². The summed E-state index contributed by atoms with van der Waals surface area (Å²) in [5.41, 5.74) is 4.78. The van der Waals surface area contributed by atoms with Gasteiger partial charge in [0.05, 0.1) is 19.3 Å². The zero-order valence-electron chi connectivity index (χ0n) is 14.2. The van der Waals surface area contributed by atoms with Gasteiger partial charge in [0, 0.05) is 37.6 Å². The van der Waals surface area contributed by atoms with E-state index >= 15 is 0 Å². The third-order valence-electron chi connectivity index (χ3n) is 4.90. The average molecular weight is 337 g/mol. The summed E-state index contributed by atoms with van der Waals surface area (Å²) in [6.07, 6.45) is 0.942. The maximum atomic E-state index is 10.8. The Morgan fingerprint density at radius 2 is 1.72 bits per heavy atom. The standard InChI is InChI=1S/C20H23N3O2/c24-15-22-8-10-23(11-9-22)20-6-4-16(5-7-20)17-2-1-3-18(12-17)21-19-13-25-14-19/h1-7,12,15,19,21H,8-11,13-14H2. The molecule has 2 aromatic rings. The SMILES string of the molecule is O=CN1CCN(c2ccc(-c3cccc(NC4COC4)c3)cc2)CC1. The van der Waals surface area contributed by atoms with Crippen LogP contribution in [0.3, 0.4) is 0 Å². The highest BCUT2D eigenvalue weighted by Gasteiger charge is 2.18. The summed E-state index contributed by atoms with van der Waals surface area (Å²) in [5, 5.41) is 3.49. The average Bonchev–Trinajstić information content (AvgIpc) is 2.65. The zero-order chi connectivity index (χ0) is 17.1. The second-order valence-electron chi connectivity index (χ2n) is 6.63. The molecule has 2 aliphatic heterocycles. The number of benzene rings is 2. The number of carbonyl (C=O) groups is 1. The molecule has 0 atom stereocenters. The van der Waals surface area contributed by atoms with Crippen LogP contribution in [0, 0.1) is 0 Å². The Labute approximate surface area is 148 Å². The van der Waals surface area contributed by atoms with Crippen molar-refractivity contribution in [3.05, 3.63) is 48.5 Å². The minimum Gasteiger partial charge on any atom is -0.378 e. The van der Waals surface area contributed by atoms with Crippen LogP contribution in [-0.4, -0.2) is 56.7 Å². The Balaban J connectivity index is 1.45. The molecule has 0 saturated carbocycles. The molecule has 4 rings (SSSR count). The van der Waals surface area contributed by atoms with Crippen molar-refractivity contribution in [2.75, 3.05) is 49.6 Å². The number of nitrogens with one attached hydrogen (secondary N) is 1. The molecule has 2 heterocycles. The molecule has 130 valence electrons. The first-order chi connectivity index (χ1) is 12.3. The molecule has 25 heavy (non-hydrogen) atoms. The van der Waals surface area contributed by atoms with E-state index in [1.807, 2.05) is 4.90 Å². The van der Waals surface area contributed by atoms with Crippen molar-refractivity contribution >= 4 is 17.8 Å². The number of anilines is 2. The van der Waals surface area contributed by atoms with Crippen molar-refractivity contribution in [3.63, 3.8) is 0 Å². The van der Waals surface area contributed by atoms with Gasteiger partial charge in [0.25, 0.3) is 0 Å². The molecule has 0 bridgehead atoms. The van der Waals surface area contributed by atoms with Gasteiger partial charge in [0.2, 0.25) is 6.41 Å². The van der Waals surface area contributed by atoms with Gasteiger partial charge in [0.1, 0.15) is 0 Å². The molecular weight excluding hydrogens is 314 g/mol. The van der Waals surface area contributed by atoms with Crippen LogP contribution in [0.25, 0.3) is 11.1 Å². The number of nitrogens with zero attached hydrogens (tertiary/aromatic N) is 2. The number of piperazine rings is 1. The lowest BCUT2D eigenvalue weighted by atomic mass is 10.0. The maximum Gasteiger partial charge on any atom is 0.209 e. The monoisotopic (exact) mass is 337 g/mol. The summed E-state index contributed by atoms with van der Waals surface area (Å²) in [6, 6.07) is 17.6. The summed E-state index contributed by atoms with van der Waals surface area (Å²) in [7, 11) is 0. The molecular formula is C20H23N3O2. The Kier molecular flexibility index (Phi) is 4.57. The fourth-order valence-electron chi connectivity index (χ4n) is 3.29. The summed E-state index contributed by atoms with van der Waals surface area (Å²) >= 11 is 0. The first kappa shape index (κ1) is 16.0. The Hall–Kier alpha value is -2.53. The molecule has 2 saturated heterocycles. The molecule has 0 unspecified atom stereocenters. The van der Waals surface area contributed by atoms with Crippen LogP contribution in [-0.2, 0) is 9.53 Å². The molecule has 1 amide bonds. The van der Waals surface area contributed by atoms with E-state index in [0.717, 1.165) is 51.5 Å². The molecule has 1 N–H and O–H groups in total. The Bertz CT molecular complexity index is 720. The van der Waals surface area contributed by atoms with Crippen LogP contribution in [0.4, 0.5) is 11.4 Å². The van der Waals surface area contributed by atoms with Crippen molar-refractivity contribution in [1.82, 2.24) is 4.90 Å². The summed E-state index contributed by atoms with van der Waals surface area (Å²) < 4.78 is 5.22. The van der Waals surface area contributed by atoms with Gasteiger partial charge in [-0.2, -0.15) is 0 Å². The van der Waals surface area contributed by atoms with E-state index in [-0.39, 0.29) is 0 Å². The Morgan fingerprint density at radius 3 is 2.36 bits per heavy atom. The third kappa shape index (κ3) is 3.61. The van der Waals surface area contributed by atoms with Crippen LogP contribution in [0.15, 0.2) is 48.5 Å². The predicted octanol–water partition coefficient (Wildman–Crippen LogP) is 2.44. The van der Waals surface area contributed by atoms with Crippen molar-refractivity contribution in [2.45, 2.75) is 6.04 Å². The lowest BCUT2D eigenvalue weighted by Gasteiger charge is -2.34. The number of ether oxygens (including phenoxy) is 1. The van der Waals surface area contributed by atoms with Crippen LogP contribution in [0.5, 0.6) is 0 Å². The highest BCUT2D eigenvalue weighted by Crippen LogP contribution is 2.26. The van der Waals surface area contributed by atoms with Crippen LogP contribution in [0.1, 0.15) is 0 Å². The van der Waals surface area contributed by atoms with E-state index in [4.69, 9.17) is 4.74 Å². The fraction of sp³-hybridized carbons (Fsp3) is 0.350. The zero-order valence-corrected chi connectivity index (χ0v) is 14.2. The third-order valence-corrected chi connectivity index (χ3v) is 4.90. The molecule has 0 spiro atoms. The number of rotatable bonds is 5. The fourth-order valence-corrected chi connectivity index (χ4v) is 3.29. The smallest absolute Gasteiger partial charge is 0.209 e. The van der Waals surface area contributed by atoms with E-state index in [1.54, 1.807) is 0 Å². The lowest BCUT2D eigenvalue weighted by molar-refractivity contribution is -0.118. The first-order valence-electron chi connectivity index (χ1n) is 8.81. The van der Waals surface area contributed by atoms with Gasteiger partial charge in [0.15, 0.2) is 0 Å². The first-order valence-corrected chi connectivity index (χ1v) is 8.81. The summed E-state index contributed by atoms with van der Waals surface area (Å²) in [6.45, 7) is 4.95. The molecule has 0 radical (unpaired) electrons. The molecule has 2 aliphatic rings. The van der Waals surface area contributed by atoms with E-state index in [0.29, 0.717) is 6.04 Å². The molecule has 5 heteroatoms. The van der Waals surface area contributed by atoms with E-state index < -0.39 is 0 Å². The van der Waals surface area contributed by atoms with Crippen molar-refractivity contribution < 1.29 is 9.53 Å². The number of hydrogen-bond donors (Lipinski definition) is 1. The maximum absolute atomic E-state index is 10.8. The predicted molar refractivity (Wildman–Crippen MR) is 100.0 cm³/mol. The lowest BCUT2D eigenvalue weighted by Crippen LogP contribution is -2.45. The molecule has 2 fully saturated rings. The minimum atomic E-state index is 0.433. The largest absolute Gasteiger partial charge is 0.378 e. The summed E-state index contributed by atoms with van der Waals surface area (Å²) in [4.78, 5) is 15.0. The van der Waals surface area contributed by atoms with Crippen molar-refractivity contribution in [2.24, 2.45) is 0 Å². The van der Waals surface area contributed by atoms with Crippen LogP contribution < -0.4 is 10.2 Å². The van der Waals surface area contributed by atoms with Crippen LogP contribution >= 0.6 is 0 Å². The quantitative estimate of drug-likeness (QED) is 0.851. The number of amides is 1. The van der Waals surface area contributed by atoms with Gasteiger partial charge in [-0.1, -0.05) is 24.3 Å². The molecule has 5 nitrogen and oxygen atoms in total. The topological polar surface area (TPSA) is 44.8 Å². The van der Waals surface area contributed by atoms with E-state index in [2.05, 4.69) is 58.7 Å². The van der Waals surface area contributed by atoms with E-state index in [9.17, 15) is 4.79 Å². The van der Waals surface area contributed by atoms with Crippen molar-refractivity contribution in [1.29, 1.82) is 0 Å². The highest BCUT2D eigenvalue weighted by atomic mass is 16.5. The highest BCUT2D eigenvalue weighted by molar-refractivity contribution is 5.70. The van der Waals surface area contributed by atoms with Gasteiger partial charge in [-0.3, -0.25) is 4.79 Å². The van der Waals surface area contributed by atoms with Gasteiger partial charge in [-0.05, 0) is 35.4 Å². The Morgan fingerprint density at radius 1 is 0.960 bits per heavy atom. The normalized spacial score (nSPS) is 17.9. The van der Waals surface area contributed by atoms with Gasteiger partial charge in [-0.15, -0.1) is 0 Å². The van der Waals surface area contributed by atoms with Gasteiger partial charge >= 0.3 is 0 Å². The second-order valence-corrected chi connectivity index (χ2v) is 6.63. The molecule has 2 aromatic carbocycles. The number of carbonyl (C=O) groups excluding carboxylic acids is 1. The molecule has 0 aliphatic carbocycles. The van der Waals surface area contributed by atoms with Crippen LogP contribution in [0.2, 0.25) is 0 Å².